The number of rotatable bonds is 13. The second-order valence-electron chi connectivity index (χ2n) is 11.2. The van der Waals surface area contributed by atoms with Crippen molar-refractivity contribution in [1.29, 1.82) is 0 Å². The van der Waals surface area contributed by atoms with Gasteiger partial charge in [0, 0.05) is 36.2 Å². The molecule has 10 heteroatoms. The first-order chi connectivity index (χ1) is 23.9. The van der Waals surface area contributed by atoms with Crippen molar-refractivity contribution in [2.45, 2.75) is 43.4 Å². The molecule has 0 spiro atoms. The summed E-state index contributed by atoms with van der Waals surface area (Å²) in [5.41, 5.74) is 10.3. The maximum absolute atomic E-state index is 13.8. The summed E-state index contributed by atoms with van der Waals surface area (Å²) >= 11 is 1.47. The molecule has 1 aliphatic heterocycles. The maximum Gasteiger partial charge on any atom is 0.407 e. The molecule has 0 aliphatic carbocycles. The second kappa shape index (κ2) is 17.1. The van der Waals surface area contributed by atoms with Crippen molar-refractivity contribution >= 4 is 35.4 Å². The highest BCUT2D eigenvalue weighted by atomic mass is 32.2. The molecule has 4 aromatic carbocycles. The van der Waals surface area contributed by atoms with Crippen LogP contribution in [0.15, 0.2) is 97.1 Å². The van der Waals surface area contributed by atoms with Gasteiger partial charge in [-0.3, -0.25) is 14.5 Å². The number of hydrogen-bond donors (Lipinski definition) is 2. The predicted octanol–water partition coefficient (Wildman–Crippen LogP) is 6.64. The van der Waals surface area contributed by atoms with E-state index in [9.17, 15) is 14.4 Å². The number of anilines is 1. The maximum atomic E-state index is 13.8. The minimum absolute atomic E-state index is 0.0431. The Kier molecular flexibility index (Phi) is 12.2. The number of thioether (sulfide) groups is 1. The molecule has 1 fully saturated rings. The van der Waals surface area contributed by atoms with Gasteiger partial charge in [0.25, 0.3) is 0 Å². The van der Waals surface area contributed by atoms with Crippen molar-refractivity contribution in [3.8, 4) is 23.3 Å². The van der Waals surface area contributed by atoms with Gasteiger partial charge >= 0.3 is 6.09 Å². The Morgan fingerprint density at radius 3 is 2.47 bits per heavy atom. The minimum Gasteiger partial charge on any atom is -0.493 e. The van der Waals surface area contributed by atoms with Crippen molar-refractivity contribution in [3.63, 3.8) is 0 Å². The molecular weight excluding hydrogens is 639 g/mol. The summed E-state index contributed by atoms with van der Waals surface area (Å²) in [7, 11) is 1.57. The molecule has 5 rings (SSSR count). The lowest BCUT2D eigenvalue weighted by molar-refractivity contribution is -0.118. The average Bonchev–Trinajstić information content (AvgIpc) is 3.45. The number of amides is 3. The topological polar surface area (TPSA) is 120 Å². The van der Waals surface area contributed by atoms with Gasteiger partial charge in [-0.1, -0.05) is 66.4 Å². The SMILES string of the molecule is CCOc1cc(CNC(=O)OCCC2SC(c3ccc(C#CCCc4ccccc4)cc3)N(c3cccc(C(N)=O)c3)C2=O)ccc1OC. The molecule has 3 N–H and O–H groups in total. The molecule has 0 bridgehead atoms. The standard InChI is InChI=1S/C39H39N3O6S/c1-3-47-34-24-29(18-21-33(34)46-2)26-41-39(45)48-23-22-35-37(44)42(32-15-9-14-31(25-32)36(40)43)38(49-35)30-19-16-28(17-20-30)13-8-7-12-27-10-5-4-6-11-27/h4-6,9-11,14-21,24-25,35,38H,3,7,12,22-23,26H2,1-2H3,(H2,40,43)(H,41,45). The predicted molar refractivity (Wildman–Crippen MR) is 192 cm³/mol. The number of nitrogens with zero attached hydrogens (tertiary/aromatic N) is 1. The molecule has 3 amide bonds. The number of primary amides is 1. The van der Waals surface area contributed by atoms with Gasteiger partial charge in [-0.2, -0.15) is 0 Å². The van der Waals surface area contributed by atoms with Crippen LogP contribution in [0, 0.1) is 11.8 Å². The molecule has 9 nitrogen and oxygen atoms in total. The fraction of sp³-hybridized carbons (Fsp3) is 0.256. The number of aryl methyl sites for hydroxylation is 1. The summed E-state index contributed by atoms with van der Waals surface area (Å²) in [5.74, 6) is 6.96. The number of carbonyl (C=O) groups is 3. The summed E-state index contributed by atoms with van der Waals surface area (Å²) in [4.78, 5) is 40.0. The average molecular weight is 678 g/mol. The second-order valence-corrected chi connectivity index (χ2v) is 12.5. The number of nitrogens with two attached hydrogens (primary N) is 1. The Hall–Kier alpha value is -5.40. The lowest BCUT2D eigenvalue weighted by Crippen LogP contribution is -2.32. The number of methoxy groups -OCH3 is 1. The van der Waals surface area contributed by atoms with E-state index >= 15 is 0 Å². The Balaban J connectivity index is 1.22. The summed E-state index contributed by atoms with van der Waals surface area (Å²) < 4.78 is 16.4. The lowest BCUT2D eigenvalue weighted by atomic mass is 10.1. The van der Waals surface area contributed by atoms with Gasteiger partial charge in [-0.25, -0.2) is 4.79 Å². The van der Waals surface area contributed by atoms with E-state index in [-0.39, 0.29) is 24.4 Å². The zero-order valence-corrected chi connectivity index (χ0v) is 28.3. The number of alkyl carbamates (subject to hydrolysis) is 1. The molecular formula is C39H39N3O6S. The van der Waals surface area contributed by atoms with Crippen LogP contribution in [0.1, 0.15) is 57.8 Å². The number of hydrogen-bond acceptors (Lipinski definition) is 7. The van der Waals surface area contributed by atoms with Crippen molar-refractivity contribution in [1.82, 2.24) is 5.32 Å². The van der Waals surface area contributed by atoms with Crippen molar-refractivity contribution in [2.75, 3.05) is 25.2 Å². The van der Waals surface area contributed by atoms with E-state index in [1.165, 1.54) is 17.3 Å². The zero-order valence-electron chi connectivity index (χ0n) is 27.5. The van der Waals surface area contributed by atoms with Crippen LogP contribution in [0.3, 0.4) is 0 Å². The zero-order chi connectivity index (χ0) is 34.6. The molecule has 0 aromatic heterocycles. The van der Waals surface area contributed by atoms with E-state index in [0.29, 0.717) is 35.8 Å². The van der Waals surface area contributed by atoms with E-state index < -0.39 is 17.3 Å². The molecule has 2 unspecified atom stereocenters. The molecule has 0 radical (unpaired) electrons. The van der Waals surface area contributed by atoms with E-state index in [2.05, 4.69) is 29.3 Å². The largest absolute Gasteiger partial charge is 0.493 e. The van der Waals surface area contributed by atoms with Gasteiger partial charge in [0.05, 0.1) is 25.6 Å². The third-order valence-corrected chi connectivity index (χ3v) is 9.34. The molecule has 1 aliphatic rings. The third kappa shape index (κ3) is 9.36. The highest BCUT2D eigenvalue weighted by Crippen LogP contribution is 2.46. The number of ether oxygens (including phenoxy) is 3. The highest BCUT2D eigenvalue weighted by Gasteiger charge is 2.42. The first-order valence-corrected chi connectivity index (χ1v) is 17.0. The number of nitrogens with one attached hydrogen (secondary N) is 1. The third-order valence-electron chi connectivity index (χ3n) is 7.84. The highest BCUT2D eigenvalue weighted by molar-refractivity contribution is 8.01. The number of benzene rings is 4. The van der Waals surface area contributed by atoms with Crippen LogP contribution < -0.4 is 25.4 Å². The van der Waals surface area contributed by atoms with Gasteiger partial charge < -0.3 is 25.3 Å². The van der Waals surface area contributed by atoms with Gasteiger partial charge in [0.1, 0.15) is 5.37 Å². The molecule has 252 valence electrons. The quantitative estimate of drug-likeness (QED) is 0.152. The van der Waals surface area contributed by atoms with Crippen LogP contribution in [0.4, 0.5) is 10.5 Å². The van der Waals surface area contributed by atoms with Crippen molar-refractivity contribution in [3.05, 3.63) is 125 Å². The van der Waals surface area contributed by atoms with E-state index in [4.69, 9.17) is 19.9 Å². The Labute approximate surface area is 291 Å². The van der Waals surface area contributed by atoms with E-state index in [1.54, 1.807) is 42.3 Å². The molecule has 2 atom stereocenters. The molecule has 1 saturated heterocycles. The number of carbonyl (C=O) groups excluding carboxylic acids is 3. The summed E-state index contributed by atoms with van der Waals surface area (Å²) in [6.45, 7) is 2.65. The Morgan fingerprint density at radius 2 is 1.73 bits per heavy atom. The van der Waals surface area contributed by atoms with Crippen molar-refractivity contribution < 1.29 is 28.6 Å². The minimum atomic E-state index is -0.591. The summed E-state index contributed by atoms with van der Waals surface area (Å²) in [6, 6.07) is 30.3. The van der Waals surface area contributed by atoms with Crippen LogP contribution >= 0.6 is 11.8 Å². The van der Waals surface area contributed by atoms with Gasteiger partial charge in [0.2, 0.25) is 11.8 Å². The van der Waals surface area contributed by atoms with Gasteiger partial charge in [0.15, 0.2) is 11.5 Å². The lowest BCUT2D eigenvalue weighted by Gasteiger charge is -2.24. The Bertz CT molecular complexity index is 1820. The van der Waals surface area contributed by atoms with Gasteiger partial charge in [-0.05, 0) is 72.5 Å². The first kappa shape index (κ1) is 34.9. The summed E-state index contributed by atoms with van der Waals surface area (Å²) in [6.07, 6.45) is 1.35. The summed E-state index contributed by atoms with van der Waals surface area (Å²) in [5, 5.41) is 1.89. The Morgan fingerprint density at radius 1 is 0.939 bits per heavy atom. The van der Waals surface area contributed by atoms with Gasteiger partial charge in [-0.15, -0.1) is 11.8 Å². The van der Waals surface area contributed by atoms with E-state index in [1.807, 2.05) is 61.5 Å². The van der Waals surface area contributed by atoms with Crippen LogP contribution in [-0.4, -0.2) is 43.5 Å². The van der Waals surface area contributed by atoms with Crippen LogP contribution in [-0.2, 0) is 22.5 Å². The first-order valence-electron chi connectivity index (χ1n) is 16.1. The fourth-order valence-corrected chi connectivity index (χ4v) is 6.80. The monoisotopic (exact) mass is 677 g/mol. The molecule has 4 aromatic rings. The molecule has 1 heterocycles. The van der Waals surface area contributed by atoms with Crippen molar-refractivity contribution in [2.24, 2.45) is 5.73 Å². The van der Waals surface area contributed by atoms with Crippen LogP contribution in [0.2, 0.25) is 0 Å². The smallest absolute Gasteiger partial charge is 0.407 e. The van der Waals surface area contributed by atoms with E-state index in [0.717, 1.165) is 29.5 Å². The molecule has 49 heavy (non-hydrogen) atoms. The molecule has 0 saturated carbocycles. The van der Waals surface area contributed by atoms with Crippen LogP contribution in [0.25, 0.3) is 0 Å². The van der Waals surface area contributed by atoms with Crippen LogP contribution in [0.5, 0.6) is 11.5 Å². The fourth-order valence-electron chi connectivity index (χ4n) is 5.37. The normalized spacial score (nSPS) is 15.2.